The summed E-state index contributed by atoms with van der Waals surface area (Å²) in [6.45, 7) is 0. The van der Waals surface area contributed by atoms with Crippen molar-refractivity contribution in [1.29, 1.82) is 0 Å². The van der Waals surface area contributed by atoms with E-state index >= 15 is 0 Å². The van der Waals surface area contributed by atoms with Crippen molar-refractivity contribution >= 4 is 49.5 Å². The first-order chi connectivity index (χ1) is 2.00. The maximum Gasteiger partial charge on any atom is 2.00 e. The molecule has 9 heavy (non-hydrogen) atoms. The first-order valence-electron chi connectivity index (χ1n) is 0.894. The van der Waals surface area contributed by atoms with Crippen LogP contribution in [0.4, 0.5) is 0 Å². The molecule has 0 unspecified atom stereocenters. The van der Waals surface area contributed by atoms with Crippen molar-refractivity contribution in [3.8, 4) is 0 Å². The second kappa shape index (κ2) is 13.5. The van der Waals surface area contributed by atoms with E-state index in [1.807, 2.05) is 0 Å². The molecule has 0 saturated heterocycles. The Kier molecular flexibility index (Phi) is 44.6. The van der Waals surface area contributed by atoms with Gasteiger partial charge >= 0.3 is 83.5 Å². The van der Waals surface area contributed by atoms with Gasteiger partial charge in [-0.25, -0.2) is 0 Å². The predicted octanol–water partition coefficient (Wildman–Crippen LogP) is -7.66. The molecule has 9 heteroatoms. The van der Waals surface area contributed by atoms with Gasteiger partial charge in [0.15, 0.2) is 17.4 Å². The molecule has 0 heterocycles. The van der Waals surface area contributed by atoms with Gasteiger partial charge < -0.3 is 28.9 Å². The van der Waals surface area contributed by atoms with Crippen LogP contribution in [-0.2, 0) is 0 Å². The van der Waals surface area contributed by atoms with E-state index in [1.165, 1.54) is 0 Å². The molecule has 0 spiro atoms. The predicted molar refractivity (Wildman–Crippen MR) is 37.3 cm³/mol. The van der Waals surface area contributed by atoms with Gasteiger partial charge in [0, 0.05) is 0 Å². The van der Waals surface area contributed by atoms with E-state index < -0.39 is 9.05 Å². The molecule has 0 fully saturated rings. The van der Waals surface area contributed by atoms with Crippen molar-refractivity contribution in [3.05, 3.63) is 0 Å². The Morgan fingerprint density at radius 1 is 1.00 bits per heavy atom. The molecule has 0 atom stereocenters. The van der Waals surface area contributed by atoms with Gasteiger partial charge in [-0.05, 0) is 0 Å². The van der Waals surface area contributed by atoms with Gasteiger partial charge in [0.2, 0.25) is 0 Å². The molecule has 0 aromatic carbocycles. The Hall–Kier alpha value is 2.95. The summed E-state index contributed by atoms with van der Waals surface area (Å²) in [5, 5.41) is 0. The molecular weight excluding hydrogens is 198 g/mol. The molecule has 0 aliphatic rings. The van der Waals surface area contributed by atoms with Gasteiger partial charge in [-0.15, -0.1) is 0 Å². The number of hydrogen-bond acceptors (Lipinski definition) is 4. The van der Waals surface area contributed by atoms with Gasteiger partial charge in [0.1, 0.15) is 0 Å². The topological polar surface area (TPSA) is 112 Å². The minimum atomic E-state index is -4.61. The van der Waals surface area contributed by atoms with E-state index in [0.29, 0.717) is 0 Å². The molecule has 52 valence electrons. The van der Waals surface area contributed by atoms with E-state index in [9.17, 15) is 0 Å². The summed E-state index contributed by atoms with van der Waals surface area (Å²) in [7, 11) is -4.61. The van der Waals surface area contributed by atoms with Crippen LogP contribution in [0.2, 0.25) is 0 Å². The standard InChI is InChI=1S/Al.K.Mg.H4O4Si.H2O.6H/c;;;1-5(2,3)4;;;;;;;/h;;;1-4H;1H2;;;;;;/q;+1;+2;;;;;;3*-1. The molecule has 6 N–H and O–H groups in total. The summed E-state index contributed by atoms with van der Waals surface area (Å²) < 4.78 is 0. The zero-order valence-electron chi connectivity index (χ0n) is 7.50. The van der Waals surface area contributed by atoms with Crippen molar-refractivity contribution in [3.63, 3.8) is 0 Å². The summed E-state index contributed by atoms with van der Waals surface area (Å²) in [6.07, 6.45) is 0. The minimum absolute atomic E-state index is 0. The van der Waals surface area contributed by atoms with E-state index in [1.54, 1.807) is 0 Å². The Bertz CT molecular complexity index is 42.2. The smallest absolute Gasteiger partial charge is 1.00 e. The molecule has 0 radical (unpaired) electrons. The molecule has 0 aromatic rings. The van der Waals surface area contributed by atoms with E-state index in [-0.39, 0.29) is 102 Å². The zero-order chi connectivity index (χ0) is 4.50. The van der Waals surface area contributed by atoms with Crippen molar-refractivity contribution < 1.29 is 80.3 Å². The summed E-state index contributed by atoms with van der Waals surface area (Å²) in [6, 6.07) is 0. The van der Waals surface area contributed by atoms with Gasteiger partial charge in [-0.2, -0.15) is 0 Å². The van der Waals surface area contributed by atoms with Crippen molar-refractivity contribution in [2.75, 3.05) is 0 Å². The van der Waals surface area contributed by atoms with Gasteiger partial charge in [0.05, 0.1) is 0 Å². The van der Waals surface area contributed by atoms with Crippen LogP contribution in [0.3, 0.4) is 0 Å². The molecule has 0 saturated carbocycles. The summed E-state index contributed by atoms with van der Waals surface area (Å²) in [5.74, 6) is 0. The van der Waals surface area contributed by atoms with Crippen LogP contribution >= 0.6 is 0 Å². The molecular formula is H12AlKMgO5Si. The summed E-state index contributed by atoms with van der Waals surface area (Å²) in [4.78, 5) is 29.3. The van der Waals surface area contributed by atoms with Crippen molar-refractivity contribution in [2.24, 2.45) is 0 Å². The fraction of sp³-hybridized carbons (Fsp3) is 0. The van der Waals surface area contributed by atoms with E-state index in [4.69, 9.17) is 19.2 Å². The molecule has 0 rings (SSSR count). The van der Waals surface area contributed by atoms with Crippen LogP contribution in [0.1, 0.15) is 4.28 Å². The largest absolute Gasteiger partial charge is 2.00 e. The average molecular weight is 211 g/mol. The zero-order valence-corrected chi connectivity index (χ0v) is 10.0. The number of rotatable bonds is 0. The summed E-state index contributed by atoms with van der Waals surface area (Å²) in [5.41, 5.74) is 0. The molecule has 0 bridgehead atoms. The van der Waals surface area contributed by atoms with Crippen LogP contribution in [0.15, 0.2) is 0 Å². The summed E-state index contributed by atoms with van der Waals surface area (Å²) >= 11 is 0. The van der Waals surface area contributed by atoms with Gasteiger partial charge in [-0.1, -0.05) is 0 Å². The third kappa shape index (κ3) is 101. The third-order valence-corrected chi connectivity index (χ3v) is 0. The average Bonchev–Trinajstić information content (AvgIpc) is 0.722. The van der Waals surface area contributed by atoms with Gasteiger partial charge in [0.25, 0.3) is 0 Å². The van der Waals surface area contributed by atoms with Gasteiger partial charge in [-0.3, -0.25) is 0 Å². The molecule has 0 aliphatic carbocycles. The van der Waals surface area contributed by atoms with Crippen LogP contribution < -0.4 is 51.4 Å². The Balaban J connectivity index is -0.00000000381. The third-order valence-electron chi connectivity index (χ3n) is 0. The van der Waals surface area contributed by atoms with Crippen LogP contribution in [0.25, 0.3) is 0 Å². The quantitative estimate of drug-likeness (QED) is 0.298. The fourth-order valence-electron chi connectivity index (χ4n) is 0. The van der Waals surface area contributed by atoms with Crippen LogP contribution in [0, 0.1) is 0 Å². The number of hydrogen-bond donors (Lipinski definition) is 4. The second-order valence-corrected chi connectivity index (χ2v) is 1.80. The Morgan fingerprint density at radius 2 is 1.00 bits per heavy atom. The molecule has 5 nitrogen and oxygen atoms in total. The second-order valence-electron chi connectivity index (χ2n) is 0.600. The van der Waals surface area contributed by atoms with Crippen LogP contribution in [-0.4, -0.2) is 74.1 Å². The van der Waals surface area contributed by atoms with E-state index in [2.05, 4.69) is 0 Å². The maximum absolute atomic E-state index is 7.33. The molecule has 0 amide bonds. The monoisotopic (exact) mass is 210 g/mol. The minimum Gasteiger partial charge on any atom is -1.00 e. The molecule has 0 aromatic heterocycles. The first-order valence-corrected chi connectivity index (χ1v) is 2.68. The Morgan fingerprint density at radius 3 is 1.00 bits per heavy atom. The molecule has 0 aliphatic heterocycles. The van der Waals surface area contributed by atoms with Crippen molar-refractivity contribution in [2.45, 2.75) is 0 Å². The fourth-order valence-corrected chi connectivity index (χ4v) is 0. The first kappa shape index (κ1) is 29.7. The van der Waals surface area contributed by atoms with Crippen molar-refractivity contribution in [1.82, 2.24) is 0 Å². The normalized spacial score (nSPS) is 6.67. The van der Waals surface area contributed by atoms with E-state index in [0.717, 1.165) is 0 Å². The Labute approximate surface area is 127 Å². The van der Waals surface area contributed by atoms with Crippen LogP contribution in [0.5, 0.6) is 0 Å². The maximum atomic E-state index is 7.33. The SMILES string of the molecule is O.O[Si](O)(O)O.[AlH3].[H-].[H-].[H-].[K+].[Mg+2].